The van der Waals surface area contributed by atoms with Crippen molar-refractivity contribution < 1.29 is 14.3 Å². The lowest BCUT2D eigenvalue weighted by molar-refractivity contribution is -0.131. The predicted octanol–water partition coefficient (Wildman–Crippen LogP) is 2.46. The van der Waals surface area contributed by atoms with E-state index in [9.17, 15) is 9.59 Å². The minimum absolute atomic E-state index is 0.0281. The van der Waals surface area contributed by atoms with E-state index in [-0.39, 0.29) is 18.4 Å². The van der Waals surface area contributed by atoms with Crippen LogP contribution in [0.1, 0.15) is 12.0 Å². The molecule has 2 aliphatic rings. The van der Waals surface area contributed by atoms with Crippen LogP contribution in [0, 0.1) is 6.92 Å². The Morgan fingerprint density at radius 1 is 1.04 bits per heavy atom. The Bertz CT molecular complexity index is 875. The van der Waals surface area contributed by atoms with Gasteiger partial charge in [-0.05, 0) is 36.8 Å². The standard InChI is InChI=1S/C22H25N3O3/c1-17-5-4-6-18(15-17)23-11-13-24(14-12-23)21(26)9-10-25-19-7-2-3-8-20(19)28-16-22(25)27/h2-8,15H,9-14,16H2,1H3. The van der Waals surface area contributed by atoms with Crippen LogP contribution in [0.4, 0.5) is 11.4 Å². The number of carbonyl (C=O) groups excluding carboxylic acids is 2. The summed E-state index contributed by atoms with van der Waals surface area (Å²) in [5.41, 5.74) is 3.20. The monoisotopic (exact) mass is 379 g/mol. The molecule has 1 saturated heterocycles. The summed E-state index contributed by atoms with van der Waals surface area (Å²) in [6.45, 7) is 5.58. The number of anilines is 2. The van der Waals surface area contributed by atoms with Crippen LogP contribution in [-0.2, 0) is 9.59 Å². The Morgan fingerprint density at radius 3 is 2.61 bits per heavy atom. The van der Waals surface area contributed by atoms with Crippen molar-refractivity contribution in [2.24, 2.45) is 0 Å². The normalized spacial score (nSPS) is 16.6. The fourth-order valence-corrected chi connectivity index (χ4v) is 3.80. The maximum absolute atomic E-state index is 12.7. The number of piperazine rings is 1. The minimum Gasteiger partial charge on any atom is -0.482 e. The molecule has 2 aromatic carbocycles. The van der Waals surface area contributed by atoms with Gasteiger partial charge in [0.2, 0.25) is 5.91 Å². The quantitative estimate of drug-likeness (QED) is 0.819. The van der Waals surface area contributed by atoms with Gasteiger partial charge >= 0.3 is 0 Å². The maximum atomic E-state index is 12.7. The van der Waals surface area contributed by atoms with E-state index in [1.807, 2.05) is 29.2 Å². The first-order valence-electron chi connectivity index (χ1n) is 9.73. The lowest BCUT2D eigenvalue weighted by Gasteiger charge is -2.37. The van der Waals surface area contributed by atoms with Gasteiger partial charge < -0.3 is 19.4 Å². The highest BCUT2D eigenvalue weighted by molar-refractivity contribution is 5.98. The molecule has 0 bridgehead atoms. The highest BCUT2D eigenvalue weighted by Crippen LogP contribution is 2.31. The van der Waals surface area contributed by atoms with Crippen molar-refractivity contribution in [1.29, 1.82) is 0 Å². The molecule has 146 valence electrons. The Balaban J connectivity index is 1.32. The first kappa shape index (κ1) is 18.3. The average Bonchev–Trinajstić information content (AvgIpc) is 2.73. The van der Waals surface area contributed by atoms with Gasteiger partial charge in [-0.3, -0.25) is 9.59 Å². The first-order chi connectivity index (χ1) is 13.6. The zero-order valence-corrected chi connectivity index (χ0v) is 16.1. The van der Waals surface area contributed by atoms with E-state index in [0.29, 0.717) is 31.8 Å². The molecule has 2 amide bonds. The number of amides is 2. The summed E-state index contributed by atoms with van der Waals surface area (Å²) in [5.74, 6) is 0.692. The molecular formula is C22H25N3O3. The smallest absolute Gasteiger partial charge is 0.265 e. The van der Waals surface area contributed by atoms with Gasteiger partial charge in [0.15, 0.2) is 6.61 Å². The van der Waals surface area contributed by atoms with E-state index < -0.39 is 0 Å². The second kappa shape index (κ2) is 7.92. The highest BCUT2D eigenvalue weighted by Gasteiger charge is 2.27. The lowest BCUT2D eigenvalue weighted by atomic mass is 10.2. The van der Waals surface area contributed by atoms with Gasteiger partial charge in [-0.1, -0.05) is 24.3 Å². The van der Waals surface area contributed by atoms with Crippen molar-refractivity contribution in [3.8, 4) is 5.75 Å². The third-order valence-electron chi connectivity index (χ3n) is 5.36. The molecule has 6 nitrogen and oxygen atoms in total. The number of carbonyl (C=O) groups is 2. The zero-order valence-electron chi connectivity index (χ0n) is 16.1. The van der Waals surface area contributed by atoms with Gasteiger partial charge in [-0.25, -0.2) is 0 Å². The molecular weight excluding hydrogens is 354 g/mol. The Kier molecular flexibility index (Phi) is 5.19. The van der Waals surface area contributed by atoms with E-state index in [2.05, 4.69) is 36.1 Å². The summed E-state index contributed by atoms with van der Waals surface area (Å²) >= 11 is 0. The summed E-state index contributed by atoms with van der Waals surface area (Å²) in [6.07, 6.45) is 0.324. The topological polar surface area (TPSA) is 53.1 Å². The molecule has 0 spiro atoms. The summed E-state index contributed by atoms with van der Waals surface area (Å²) in [7, 11) is 0. The molecule has 0 aromatic heterocycles. The highest BCUT2D eigenvalue weighted by atomic mass is 16.5. The van der Waals surface area contributed by atoms with Crippen LogP contribution >= 0.6 is 0 Å². The molecule has 2 aliphatic heterocycles. The van der Waals surface area contributed by atoms with E-state index in [1.54, 1.807) is 4.90 Å². The van der Waals surface area contributed by atoms with Crippen molar-refractivity contribution in [3.63, 3.8) is 0 Å². The number of ether oxygens (including phenoxy) is 1. The van der Waals surface area contributed by atoms with E-state index in [1.165, 1.54) is 11.3 Å². The number of hydrogen-bond donors (Lipinski definition) is 0. The number of benzene rings is 2. The molecule has 0 saturated carbocycles. The first-order valence-corrected chi connectivity index (χ1v) is 9.73. The average molecular weight is 379 g/mol. The molecule has 0 unspecified atom stereocenters. The number of para-hydroxylation sites is 2. The molecule has 0 radical (unpaired) electrons. The molecule has 0 atom stereocenters. The van der Waals surface area contributed by atoms with Crippen molar-refractivity contribution in [2.75, 3.05) is 49.1 Å². The molecule has 2 aromatic rings. The zero-order chi connectivity index (χ0) is 19.5. The van der Waals surface area contributed by atoms with Crippen LogP contribution in [0.25, 0.3) is 0 Å². The van der Waals surface area contributed by atoms with Crippen LogP contribution < -0.4 is 14.5 Å². The van der Waals surface area contributed by atoms with E-state index >= 15 is 0 Å². The van der Waals surface area contributed by atoms with Crippen LogP contribution in [0.15, 0.2) is 48.5 Å². The summed E-state index contributed by atoms with van der Waals surface area (Å²) in [6, 6.07) is 15.9. The largest absolute Gasteiger partial charge is 0.482 e. The van der Waals surface area contributed by atoms with Gasteiger partial charge in [-0.2, -0.15) is 0 Å². The van der Waals surface area contributed by atoms with Gasteiger partial charge in [0.1, 0.15) is 5.75 Å². The predicted molar refractivity (Wildman–Crippen MR) is 109 cm³/mol. The van der Waals surface area contributed by atoms with Crippen LogP contribution in [0.2, 0.25) is 0 Å². The second-order valence-electron chi connectivity index (χ2n) is 7.26. The van der Waals surface area contributed by atoms with Crippen LogP contribution in [0.5, 0.6) is 5.75 Å². The molecule has 0 N–H and O–H groups in total. The fraction of sp³-hybridized carbons (Fsp3) is 0.364. The molecule has 2 heterocycles. The number of hydrogen-bond acceptors (Lipinski definition) is 4. The second-order valence-corrected chi connectivity index (χ2v) is 7.26. The van der Waals surface area contributed by atoms with Gasteiger partial charge in [0.25, 0.3) is 5.91 Å². The van der Waals surface area contributed by atoms with Gasteiger partial charge in [0.05, 0.1) is 5.69 Å². The van der Waals surface area contributed by atoms with Crippen molar-refractivity contribution >= 4 is 23.2 Å². The SMILES string of the molecule is Cc1cccc(N2CCN(C(=O)CCN3C(=O)COc4ccccc43)CC2)c1. The molecule has 6 heteroatoms. The summed E-state index contributed by atoms with van der Waals surface area (Å²) in [4.78, 5) is 30.8. The summed E-state index contributed by atoms with van der Waals surface area (Å²) < 4.78 is 5.46. The van der Waals surface area contributed by atoms with Crippen LogP contribution in [-0.4, -0.2) is 56.0 Å². The fourth-order valence-electron chi connectivity index (χ4n) is 3.80. The number of nitrogens with zero attached hydrogens (tertiary/aromatic N) is 3. The molecule has 0 aliphatic carbocycles. The molecule has 28 heavy (non-hydrogen) atoms. The van der Waals surface area contributed by atoms with Gasteiger partial charge in [0, 0.05) is 44.8 Å². The van der Waals surface area contributed by atoms with Crippen LogP contribution in [0.3, 0.4) is 0 Å². The molecule has 1 fully saturated rings. The number of aryl methyl sites for hydroxylation is 1. The van der Waals surface area contributed by atoms with Crippen molar-refractivity contribution in [3.05, 3.63) is 54.1 Å². The lowest BCUT2D eigenvalue weighted by Crippen LogP contribution is -2.49. The van der Waals surface area contributed by atoms with Gasteiger partial charge in [-0.15, -0.1) is 0 Å². The minimum atomic E-state index is -0.101. The Hall–Kier alpha value is -3.02. The number of fused-ring (bicyclic) bond motifs is 1. The third-order valence-corrected chi connectivity index (χ3v) is 5.36. The van der Waals surface area contributed by atoms with Crippen molar-refractivity contribution in [2.45, 2.75) is 13.3 Å². The van der Waals surface area contributed by atoms with E-state index in [4.69, 9.17) is 4.74 Å². The number of rotatable bonds is 4. The maximum Gasteiger partial charge on any atom is 0.265 e. The molecule has 4 rings (SSSR count). The third kappa shape index (κ3) is 3.81. The Morgan fingerprint density at radius 2 is 1.82 bits per heavy atom. The van der Waals surface area contributed by atoms with Crippen molar-refractivity contribution in [1.82, 2.24) is 4.90 Å². The van der Waals surface area contributed by atoms with E-state index in [0.717, 1.165) is 18.8 Å². The summed E-state index contributed by atoms with van der Waals surface area (Å²) in [5, 5.41) is 0. The Labute approximate surface area is 165 Å².